The van der Waals surface area contributed by atoms with Crippen LogP contribution < -0.4 is 5.32 Å². The summed E-state index contributed by atoms with van der Waals surface area (Å²) in [5, 5.41) is 2.59. The van der Waals surface area contributed by atoms with Gasteiger partial charge in [-0.05, 0) is 49.4 Å². The van der Waals surface area contributed by atoms with Crippen LogP contribution in [0.5, 0.6) is 0 Å². The lowest BCUT2D eigenvalue weighted by atomic mass is 10.2. The molecule has 148 valence electrons. The van der Waals surface area contributed by atoms with Crippen LogP contribution in [0.2, 0.25) is 0 Å². The number of amides is 1. The van der Waals surface area contributed by atoms with Crippen LogP contribution in [0.4, 0.5) is 10.1 Å². The zero-order valence-corrected chi connectivity index (χ0v) is 17.5. The second-order valence-corrected chi connectivity index (χ2v) is 8.34. The Morgan fingerprint density at radius 1 is 1.21 bits per heavy atom. The van der Waals surface area contributed by atoms with Crippen LogP contribution in [0.3, 0.4) is 0 Å². The molecule has 6 nitrogen and oxygen atoms in total. The molecule has 0 spiro atoms. The van der Waals surface area contributed by atoms with Crippen molar-refractivity contribution in [1.29, 1.82) is 0 Å². The largest absolute Gasteiger partial charge is 0.463 e. The van der Waals surface area contributed by atoms with Gasteiger partial charge in [0, 0.05) is 4.47 Å². The Hall–Kier alpha value is -2.78. The molecule has 0 aliphatic rings. The summed E-state index contributed by atoms with van der Waals surface area (Å²) in [5.41, 5.74) is 1.36. The Kier molecular flexibility index (Phi) is 5.59. The van der Waals surface area contributed by atoms with Gasteiger partial charge >= 0.3 is 0 Å². The van der Waals surface area contributed by atoms with E-state index in [0.717, 1.165) is 0 Å². The minimum absolute atomic E-state index is 0.123. The molecule has 1 unspecified atom stereocenters. The van der Waals surface area contributed by atoms with Crippen molar-refractivity contribution in [2.45, 2.75) is 17.3 Å². The van der Waals surface area contributed by atoms with E-state index in [-0.39, 0.29) is 11.6 Å². The van der Waals surface area contributed by atoms with E-state index >= 15 is 0 Å². The molecule has 0 saturated heterocycles. The molecule has 0 saturated carbocycles. The van der Waals surface area contributed by atoms with Crippen molar-refractivity contribution in [2.75, 3.05) is 5.32 Å². The van der Waals surface area contributed by atoms with Gasteiger partial charge in [-0.3, -0.25) is 4.79 Å². The highest BCUT2D eigenvalue weighted by molar-refractivity contribution is 9.10. The summed E-state index contributed by atoms with van der Waals surface area (Å²) in [6.45, 7) is 1.72. The average molecular weight is 476 g/mol. The minimum Gasteiger partial charge on any atom is -0.463 e. The number of halogens is 2. The lowest BCUT2D eigenvalue weighted by Crippen LogP contribution is -2.23. The number of furan rings is 2. The zero-order chi connectivity index (χ0) is 20.4. The standard InChI is InChI=1S/C20H15BrFN3O3S/c1-11(19(26)23-14-7-6-12(21)10-13(14)22)29-20-24-17(15-4-2-8-27-15)18(25-20)16-5-3-9-28-16/h2-11H,1H3,(H,23,26)(H,24,25). The van der Waals surface area contributed by atoms with Crippen molar-refractivity contribution in [3.63, 3.8) is 0 Å². The fourth-order valence-electron chi connectivity index (χ4n) is 2.64. The van der Waals surface area contributed by atoms with Crippen molar-refractivity contribution in [3.8, 4) is 22.9 Å². The lowest BCUT2D eigenvalue weighted by molar-refractivity contribution is -0.115. The molecule has 29 heavy (non-hydrogen) atoms. The number of thioether (sulfide) groups is 1. The molecule has 3 aromatic heterocycles. The molecule has 0 bridgehead atoms. The predicted octanol–water partition coefficient (Wildman–Crippen LogP) is 5.95. The van der Waals surface area contributed by atoms with E-state index in [4.69, 9.17) is 8.83 Å². The quantitative estimate of drug-likeness (QED) is 0.336. The molecule has 9 heteroatoms. The molecule has 0 radical (unpaired) electrons. The highest BCUT2D eigenvalue weighted by Gasteiger charge is 2.22. The summed E-state index contributed by atoms with van der Waals surface area (Å²) in [5.74, 6) is 0.327. The number of carbonyl (C=O) groups excluding carboxylic acids is 1. The van der Waals surface area contributed by atoms with Gasteiger partial charge in [0.2, 0.25) is 5.91 Å². The number of aromatic amines is 1. The van der Waals surface area contributed by atoms with Crippen LogP contribution >= 0.6 is 27.7 Å². The number of aromatic nitrogens is 2. The Bertz CT molecular complexity index is 1070. The fourth-order valence-corrected chi connectivity index (χ4v) is 3.78. The highest BCUT2D eigenvalue weighted by Crippen LogP contribution is 2.34. The fraction of sp³-hybridized carbons (Fsp3) is 0.100. The smallest absolute Gasteiger partial charge is 0.237 e. The van der Waals surface area contributed by atoms with Gasteiger partial charge in [0.1, 0.15) is 17.2 Å². The van der Waals surface area contributed by atoms with Gasteiger partial charge in [0.25, 0.3) is 0 Å². The first-order chi connectivity index (χ1) is 14.0. The first-order valence-electron chi connectivity index (χ1n) is 8.61. The number of imidazole rings is 1. The lowest BCUT2D eigenvalue weighted by Gasteiger charge is -2.11. The first-order valence-corrected chi connectivity index (χ1v) is 10.3. The second-order valence-electron chi connectivity index (χ2n) is 6.09. The second kappa shape index (κ2) is 8.30. The van der Waals surface area contributed by atoms with Gasteiger partial charge in [-0.2, -0.15) is 0 Å². The summed E-state index contributed by atoms with van der Waals surface area (Å²) in [6, 6.07) is 11.6. The van der Waals surface area contributed by atoms with Crippen LogP contribution in [0.15, 0.2) is 73.5 Å². The Balaban J connectivity index is 1.54. The molecular formula is C20H15BrFN3O3S. The number of nitrogens with zero attached hydrogens (tertiary/aromatic N) is 1. The van der Waals surface area contributed by atoms with E-state index in [1.54, 1.807) is 49.8 Å². The maximum atomic E-state index is 14.0. The number of nitrogens with one attached hydrogen (secondary N) is 2. The van der Waals surface area contributed by atoms with Crippen molar-refractivity contribution < 1.29 is 18.0 Å². The van der Waals surface area contributed by atoms with Gasteiger partial charge in [-0.1, -0.05) is 27.7 Å². The van der Waals surface area contributed by atoms with Crippen LogP contribution in [-0.4, -0.2) is 21.1 Å². The summed E-state index contributed by atoms with van der Waals surface area (Å²) < 4.78 is 25.5. The number of rotatable bonds is 6. The first kappa shape index (κ1) is 19.5. The summed E-state index contributed by atoms with van der Waals surface area (Å²) in [6.07, 6.45) is 3.13. The number of hydrogen-bond donors (Lipinski definition) is 2. The maximum absolute atomic E-state index is 14.0. The number of hydrogen-bond acceptors (Lipinski definition) is 5. The molecule has 1 aromatic carbocycles. The van der Waals surface area contributed by atoms with E-state index in [1.165, 1.54) is 23.9 Å². The third-order valence-electron chi connectivity index (χ3n) is 4.05. The van der Waals surface area contributed by atoms with Crippen LogP contribution in [0.25, 0.3) is 22.9 Å². The number of benzene rings is 1. The van der Waals surface area contributed by atoms with E-state index < -0.39 is 11.1 Å². The van der Waals surface area contributed by atoms with Crippen LogP contribution in [-0.2, 0) is 4.79 Å². The van der Waals surface area contributed by atoms with E-state index in [0.29, 0.717) is 32.5 Å². The Morgan fingerprint density at radius 3 is 2.59 bits per heavy atom. The molecule has 4 rings (SSSR count). The van der Waals surface area contributed by atoms with Crippen LogP contribution in [0.1, 0.15) is 6.92 Å². The number of H-pyrrole nitrogens is 1. The maximum Gasteiger partial charge on any atom is 0.237 e. The highest BCUT2D eigenvalue weighted by atomic mass is 79.9. The van der Waals surface area contributed by atoms with Gasteiger partial charge < -0.3 is 19.1 Å². The van der Waals surface area contributed by atoms with E-state index in [9.17, 15) is 9.18 Å². The molecule has 1 amide bonds. The topological polar surface area (TPSA) is 84.1 Å². The summed E-state index contributed by atoms with van der Waals surface area (Å²) in [4.78, 5) is 20.3. The van der Waals surface area contributed by atoms with Gasteiger partial charge in [0.15, 0.2) is 16.7 Å². The van der Waals surface area contributed by atoms with E-state index in [1.807, 2.05) is 0 Å². The third-order valence-corrected chi connectivity index (χ3v) is 5.53. The van der Waals surface area contributed by atoms with Gasteiger partial charge in [0.05, 0.1) is 23.5 Å². The monoisotopic (exact) mass is 475 g/mol. The van der Waals surface area contributed by atoms with Crippen molar-refractivity contribution >= 4 is 39.3 Å². The summed E-state index contributed by atoms with van der Waals surface area (Å²) >= 11 is 4.41. The normalized spacial score (nSPS) is 12.1. The molecule has 2 N–H and O–H groups in total. The molecule has 1 atom stereocenters. The molecule has 3 heterocycles. The minimum atomic E-state index is -0.530. The Morgan fingerprint density at radius 2 is 1.93 bits per heavy atom. The molecule has 0 aliphatic heterocycles. The van der Waals surface area contributed by atoms with E-state index in [2.05, 4.69) is 31.2 Å². The molecule has 0 fully saturated rings. The average Bonchev–Trinajstić information content (AvgIpc) is 3.44. The van der Waals surface area contributed by atoms with Gasteiger partial charge in [-0.25, -0.2) is 9.37 Å². The van der Waals surface area contributed by atoms with Crippen molar-refractivity contribution in [1.82, 2.24) is 9.97 Å². The Labute approximate surface area is 178 Å². The zero-order valence-electron chi connectivity index (χ0n) is 15.1. The predicted molar refractivity (Wildman–Crippen MR) is 112 cm³/mol. The SMILES string of the molecule is CC(Sc1nc(-c2ccco2)c(-c2ccco2)[nH]1)C(=O)Nc1ccc(Br)cc1F. The summed E-state index contributed by atoms with van der Waals surface area (Å²) in [7, 11) is 0. The van der Waals surface area contributed by atoms with Crippen molar-refractivity contribution in [3.05, 3.63) is 65.3 Å². The number of anilines is 1. The molecule has 0 aliphatic carbocycles. The van der Waals surface area contributed by atoms with Gasteiger partial charge in [-0.15, -0.1) is 0 Å². The van der Waals surface area contributed by atoms with Crippen LogP contribution in [0, 0.1) is 5.82 Å². The number of carbonyl (C=O) groups is 1. The third kappa shape index (κ3) is 4.30. The molecule has 4 aromatic rings. The molecular weight excluding hydrogens is 461 g/mol. The van der Waals surface area contributed by atoms with Crippen molar-refractivity contribution in [2.24, 2.45) is 0 Å².